The fourth-order valence-corrected chi connectivity index (χ4v) is 1.70. The smallest absolute Gasteiger partial charge is 0.155 e. The summed E-state index contributed by atoms with van der Waals surface area (Å²) in [6.07, 6.45) is 0.546. The second-order valence-electron chi connectivity index (χ2n) is 4.21. The molecular formula is C15H14O2. The zero-order valence-electron chi connectivity index (χ0n) is 9.63. The van der Waals surface area contributed by atoms with Crippen molar-refractivity contribution in [3.05, 3.63) is 60.2 Å². The number of hydrogen-bond acceptors (Lipinski definition) is 2. The van der Waals surface area contributed by atoms with E-state index in [9.17, 15) is 9.90 Å². The molecule has 0 aliphatic heterocycles. The molecule has 0 saturated carbocycles. The van der Waals surface area contributed by atoms with Crippen LogP contribution in [0.15, 0.2) is 54.6 Å². The average Bonchev–Trinajstić information content (AvgIpc) is 2.40. The summed E-state index contributed by atoms with van der Waals surface area (Å²) in [5.41, 5.74) is 1.38. The molecule has 0 heterocycles. The number of rotatable bonds is 3. The molecule has 0 saturated heterocycles. The Hall–Kier alpha value is -1.93. The van der Waals surface area contributed by atoms with E-state index in [1.54, 1.807) is 12.1 Å². The molecule has 2 heteroatoms. The van der Waals surface area contributed by atoms with Crippen LogP contribution >= 0.6 is 0 Å². The Bertz CT molecular complexity index is 498. The van der Waals surface area contributed by atoms with Gasteiger partial charge in [0.1, 0.15) is 5.60 Å². The van der Waals surface area contributed by atoms with Crippen LogP contribution in [0, 0.1) is 0 Å². The van der Waals surface area contributed by atoms with Crippen molar-refractivity contribution in [3.8, 4) is 11.1 Å². The van der Waals surface area contributed by atoms with Gasteiger partial charge in [0.15, 0.2) is 6.29 Å². The zero-order valence-corrected chi connectivity index (χ0v) is 9.63. The molecule has 0 aromatic heterocycles. The van der Waals surface area contributed by atoms with Gasteiger partial charge in [-0.2, -0.15) is 0 Å². The van der Waals surface area contributed by atoms with Gasteiger partial charge in [-0.3, -0.25) is 4.79 Å². The summed E-state index contributed by atoms with van der Waals surface area (Å²) in [6, 6.07) is 17.3. The van der Waals surface area contributed by atoms with Crippen LogP contribution in [0.4, 0.5) is 0 Å². The van der Waals surface area contributed by atoms with Crippen LogP contribution in [0.5, 0.6) is 0 Å². The Morgan fingerprint density at radius 2 is 1.47 bits per heavy atom. The van der Waals surface area contributed by atoms with Gasteiger partial charge in [0, 0.05) is 0 Å². The number of benzene rings is 2. The van der Waals surface area contributed by atoms with E-state index in [4.69, 9.17) is 0 Å². The predicted molar refractivity (Wildman–Crippen MR) is 67.5 cm³/mol. The molecule has 2 nitrogen and oxygen atoms in total. The van der Waals surface area contributed by atoms with Crippen molar-refractivity contribution in [2.45, 2.75) is 12.5 Å². The van der Waals surface area contributed by atoms with Crippen molar-refractivity contribution in [1.29, 1.82) is 0 Å². The van der Waals surface area contributed by atoms with Gasteiger partial charge in [-0.1, -0.05) is 54.6 Å². The van der Waals surface area contributed by atoms with Crippen molar-refractivity contribution in [2.24, 2.45) is 0 Å². The topological polar surface area (TPSA) is 37.3 Å². The molecule has 0 bridgehead atoms. The highest BCUT2D eigenvalue weighted by Gasteiger charge is 2.21. The second-order valence-corrected chi connectivity index (χ2v) is 4.21. The van der Waals surface area contributed by atoms with Crippen LogP contribution < -0.4 is 0 Å². The minimum absolute atomic E-state index is 0.546. The van der Waals surface area contributed by atoms with E-state index in [-0.39, 0.29) is 0 Å². The van der Waals surface area contributed by atoms with Crippen LogP contribution in [0.25, 0.3) is 11.1 Å². The Labute approximate surface area is 101 Å². The molecule has 0 aliphatic rings. The molecule has 17 heavy (non-hydrogen) atoms. The number of carbonyl (C=O) groups excluding carboxylic acids is 1. The average molecular weight is 226 g/mol. The van der Waals surface area contributed by atoms with Gasteiger partial charge in [0.2, 0.25) is 0 Å². The summed E-state index contributed by atoms with van der Waals surface area (Å²) in [6.45, 7) is 1.48. The highest BCUT2D eigenvalue weighted by atomic mass is 16.3. The van der Waals surface area contributed by atoms with Gasteiger partial charge in [-0.15, -0.1) is 0 Å². The third kappa shape index (κ3) is 2.43. The molecule has 0 spiro atoms. The van der Waals surface area contributed by atoms with Crippen molar-refractivity contribution >= 4 is 6.29 Å². The van der Waals surface area contributed by atoms with E-state index < -0.39 is 5.60 Å². The summed E-state index contributed by atoms with van der Waals surface area (Å²) in [5, 5.41) is 9.79. The molecule has 2 aromatic rings. The molecule has 0 radical (unpaired) electrons. The van der Waals surface area contributed by atoms with Gasteiger partial charge in [0.25, 0.3) is 0 Å². The molecule has 0 fully saturated rings. The normalized spacial score (nSPS) is 14.0. The summed E-state index contributed by atoms with van der Waals surface area (Å²) in [5.74, 6) is 0. The zero-order chi connectivity index (χ0) is 12.3. The number of aldehydes is 1. The quantitative estimate of drug-likeness (QED) is 0.817. The number of hydrogen-bond donors (Lipinski definition) is 1. The lowest BCUT2D eigenvalue weighted by Gasteiger charge is -2.16. The van der Waals surface area contributed by atoms with E-state index >= 15 is 0 Å². The summed E-state index contributed by atoms with van der Waals surface area (Å²) in [7, 11) is 0. The SMILES string of the molecule is C[C@](O)(C=O)c1ccc(-c2ccccc2)cc1. The molecule has 0 unspecified atom stereocenters. The van der Waals surface area contributed by atoms with Crippen LogP contribution in [-0.2, 0) is 10.4 Å². The maximum atomic E-state index is 10.7. The Balaban J connectivity index is 2.34. The van der Waals surface area contributed by atoms with Crippen molar-refractivity contribution in [3.63, 3.8) is 0 Å². The van der Waals surface area contributed by atoms with Crippen molar-refractivity contribution in [1.82, 2.24) is 0 Å². The molecule has 0 amide bonds. The minimum atomic E-state index is -1.41. The summed E-state index contributed by atoms with van der Waals surface area (Å²) < 4.78 is 0. The molecule has 0 aliphatic carbocycles. The lowest BCUT2D eigenvalue weighted by Crippen LogP contribution is -2.22. The second kappa shape index (κ2) is 4.52. The van der Waals surface area contributed by atoms with E-state index in [1.807, 2.05) is 42.5 Å². The fraction of sp³-hybridized carbons (Fsp3) is 0.133. The first-order valence-electron chi connectivity index (χ1n) is 5.48. The van der Waals surface area contributed by atoms with Gasteiger partial charge >= 0.3 is 0 Å². The molecule has 2 aromatic carbocycles. The summed E-state index contributed by atoms with van der Waals surface area (Å²) in [4.78, 5) is 10.7. The van der Waals surface area contributed by atoms with E-state index in [0.717, 1.165) is 11.1 Å². The van der Waals surface area contributed by atoms with Crippen LogP contribution in [0.2, 0.25) is 0 Å². The Morgan fingerprint density at radius 1 is 0.941 bits per heavy atom. The fourth-order valence-electron chi connectivity index (χ4n) is 1.70. The molecule has 1 atom stereocenters. The standard InChI is InChI=1S/C15H14O2/c1-15(17,11-16)14-9-7-13(8-10-14)12-5-3-2-4-6-12/h2-11,17H,1H3/t15-/m0/s1. The molecule has 1 N–H and O–H groups in total. The maximum Gasteiger partial charge on any atom is 0.155 e. The van der Waals surface area contributed by atoms with E-state index in [2.05, 4.69) is 0 Å². The summed E-state index contributed by atoms with van der Waals surface area (Å²) >= 11 is 0. The van der Waals surface area contributed by atoms with Gasteiger partial charge < -0.3 is 5.11 Å². The van der Waals surface area contributed by atoms with Gasteiger partial charge in [-0.05, 0) is 23.6 Å². The minimum Gasteiger partial charge on any atom is -0.378 e. The van der Waals surface area contributed by atoms with Gasteiger partial charge in [-0.25, -0.2) is 0 Å². The maximum absolute atomic E-state index is 10.7. The third-order valence-corrected chi connectivity index (χ3v) is 2.81. The van der Waals surface area contributed by atoms with Crippen molar-refractivity contribution in [2.75, 3.05) is 0 Å². The first-order valence-corrected chi connectivity index (χ1v) is 5.48. The molecular weight excluding hydrogens is 212 g/mol. The van der Waals surface area contributed by atoms with E-state index in [0.29, 0.717) is 11.8 Å². The first kappa shape index (κ1) is 11.6. The highest BCUT2D eigenvalue weighted by molar-refractivity contribution is 5.68. The lowest BCUT2D eigenvalue weighted by atomic mass is 9.95. The van der Waals surface area contributed by atoms with Gasteiger partial charge in [0.05, 0.1) is 0 Å². The van der Waals surface area contributed by atoms with E-state index in [1.165, 1.54) is 6.92 Å². The Kier molecular flexibility index (Phi) is 3.07. The van der Waals surface area contributed by atoms with Crippen LogP contribution in [-0.4, -0.2) is 11.4 Å². The lowest BCUT2D eigenvalue weighted by molar-refractivity contribution is -0.123. The number of carbonyl (C=O) groups is 1. The Morgan fingerprint density at radius 3 is 2.00 bits per heavy atom. The highest BCUT2D eigenvalue weighted by Crippen LogP contribution is 2.23. The number of aliphatic hydroxyl groups is 1. The first-order chi connectivity index (χ1) is 8.13. The molecule has 86 valence electrons. The van der Waals surface area contributed by atoms with Crippen LogP contribution in [0.1, 0.15) is 12.5 Å². The monoisotopic (exact) mass is 226 g/mol. The predicted octanol–water partition coefficient (Wildman–Crippen LogP) is 2.76. The molecule has 2 rings (SSSR count). The third-order valence-electron chi connectivity index (χ3n) is 2.81. The largest absolute Gasteiger partial charge is 0.378 e. The van der Waals surface area contributed by atoms with Crippen molar-refractivity contribution < 1.29 is 9.90 Å². The van der Waals surface area contributed by atoms with Crippen LogP contribution in [0.3, 0.4) is 0 Å².